The molecule has 0 aliphatic carbocycles. The number of rotatable bonds is 5. The van der Waals surface area contributed by atoms with E-state index in [1.54, 1.807) is 6.20 Å². The second-order valence-corrected chi connectivity index (χ2v) is 4.55. The lowest BCUT2D eigenvalue weighted by atomic mass is 9.95. The molecule has 1 heterocycles. The summed E-state index contributed by atoms with van der Waals surface area (Å²) in [6.45, 7) is 4.32. The van der Waals surface area contributed by atoms with E-state index in [-0.39, 0.29) is 11.9 Å². The molecule has 0 saturated carbocycles. The van der Waals surface area contributed by atoms with E-state index in [1.807, 2.05) is 37.3 Å². The molecule has 0 N–H and O–H groups in total. The molecule has 3 heteroatoms. The summed E-state index contributed by atoms with van der Waals surface area (Å²) < 4.78 is 5.16. The molecule has 3 nitrogen and oxygen atoms in total. The molecule has 1 aromatic carbocycles. The number of carbonyl (C=O) groups is 1. The highest BCUT2D eigenvalue weighted by atomic mass is 16.5. The molecule has 19 heavy (non-hydrogen) atoms. The van der Waals surface area contributed by atoms with Gasteiger partial charge in [0.2, 0.25) is 0 Å². The number of pyridine rings is 1. The van der Waals surface area contributed by atoms with E-state index < -0.39 is 0 Å². The molecule has 1 unspecified atom stereocenters. The molecule has 1 aromatic heterocycles. The van der Waals surface area contributed by atoms with Crippen molar-refractivity contribution in [3.8, 4) is 0 Å². The van der Waals surface area contributed by atoms with Gasteiger partial charge in [-0.05, 0) is 31.0 Å². The van der Waals surface area contributed by atoms with Gasteiger partial charge >= 0.3 is 5.97 Å². The third-order valence-electron chi connectivity index (χ3n) is 3.16. The van der Waals surface area contributed by atoms with Gasteiger partial charge < -0.3 is 4.74 Å². The monoisotopic (exact) mass is 257 g/mol. The summed E-state index contributed by atoms with van der Waals surface area (Å²) in [5, 5.41) is 1.06. The van der Waals surface area contributed by atoms with E-state index in [0.717, 1.165) is 29.3 Å². The van der Waals surface area contributed by atoms with Crippen molar-refractivity contribution in [1.29, 1.82) is 0 Å². The molecular weight excluding hydrogens is 238 g/mol. The number of aromatic nitrogens is 1. The third-order valence-corrected chi connectivity index (χ3v) is 3.16. The van der Waals surface area contributed by atoms with Crippen molar-refractivity contribution >= 4 is 16.9 Å². The highest BCUT2D eigenvalue weighted by molar-refractivity contribution is 5.83. The summed E-state index contributed by atoms with van der Waals surface area (Å²) in [5.41, 5.74) is 1.89. The van der Waals surface area contributed by atoms with Crippen LogP contribution in [0.3, 0.4) is 0 Å². The molecule has 0 aliphatic heterocycles. The highest BCUT2D eigenvalue weighted by Crippen LogP contribution is 2.25. The van der Waals surface area contributed by atoms with Crippen LogP contribution < -0.4 is 0 Å². The molecule has 1 atom stereocenters. The Labute approximate surface area is 113 Å². The summed E-state index contributed by atoms with van der Waals surface area (Å²) in [5.74, 6) is -0.358. The Bertz CT molecular complexity index is 565. The quantitative estimate of drug-likeness (QED) is 0.767. The molecule has 0 radical (unpaired) electrons. The summed E-state index contributed by atoms with van der Waals surface area (Å²) in [6.07, 6.45) is 3.52. The Morgan fingerprint density at radius 2 is 2.11 bits per heavy atom. The van der Waals surface area contributed by atoms with E-state index >= 15 is 0 Å². The van der Waals surface area contributed by atoms with Gasteiger partial charge in [0, 0.05) is 11.6 Å². The zero-order chi connectivity index (χ0) is 13.7. The summed E-state index contributed by atoms with van der Waals surface area (Å²) >= 11 is 0. The van der Waals surface area contributed by atoms with Gasteiger partial charge in [0.15, 0.2) is 0 Å². The van der Waals surface area contributed by atoms with Crippen LogP contribution in [-0.4, -0.2) is 17.6 Å². The van der Waals surface area contributed by atoms with Crippen molar-refractivity contribution < 1.29 is 9.53 Å². The number of fused-ring (bicyclic) bond motifs is 1. The van der Waals surface area contributed by atoms with E-state index in [2.05, 4.69) is 11.9 Å². The topological polar surface area (TPSA) is 39.2 Å². The Balaban J connectivity index is 2.35. The van der Waals surface area contributed by atoms with Crippen LogP contribution in [0.4, 0.5) is 0 Å². The SMILES string of the molecule is CCCC(C(=O)OCC)c1cnc2ccccc2c1. The Kier molecular flexibility index (Phi) is 4.50. The lowest BCUT2D eigenvalue weighted by Crippen LogP contribution is -2.16. The first-order valence-electron chi connectivity index (χ1n) is 6.77. The standard InChI is InChI=1S/C16H19NO2/c1-3-7-14(16(18)19-4-2)13-10-12-8-5-6-9-15(12)17-11-13/h5-6,8-11,14H,3-4,7H2,1-2H3. The van der Waals surface area contributed by atoms with Gasteiger partial charge in [-0.1, -0.05) is 31.5 Å². The maximum Gasteiger partial charge on any atom is 0.313 e. The molecular formula is C16H19NO2. The van der Waals surface area contributed by atoms with Gasteiger partial charge in [-0.25, -0.2) is 0 Å². The smallest absolute Gasteiger partial charge is 0.313 e. The van der Waals surface area contributed by atoms with Crippen molar-refractivity contribution in [3.63, 3.8) is 0 Å². The maximum absolute atomic E-state index is 12.0. The first-order valence-corrected chi connectivity index (χ1v) is 6.77. The highest BCUT2D eigenvalue weighted by Gasteiger charge is 2.21. The van der Waals surface area contributed by atoms with Gasteiger partial charge in [0.05, 0.1) is 18.0 Å². The van der Waals surface area contributed by atoms with Crippen LogP contribution in [0.1, 0.15) is 38.2 Å². The maximum atomic E-state index is 12.0. The average Bonchev–Trinajstić information content (AvgIpc) is 2.44. The first-order chi connectivity index (χ1) is 9.26. The van der Waals surface area contributed by atoms with Gasteiger partial charge in [-0.15, -0.1) is 0 Å². The molecule has 2 rings (SSSR count). The zero-order valence-corrected chi connectivity index (χ0v) is 11.4. The van der Waals surface area contributed by atoms with Gasteiger partial charge in [-0.2, -0.15) is 0 Å². The number of benzene rings is 1. The molecule has 0 fully saturated rings. The lowest BCUT2D eigenvalue weighted by Gasteiger charge is -2.15. The van der Waals surface area contributed by atoms with Crippen molar-refractivity contribution in [3.05, 3.63) is 42.1 Å². The second kappa shape index (κ2) is 6.32. The molecule has 0 aliphatic rings. The van der Waals surface area contributed by atoms with Crippen LogP contribution in [0.25, 0.3) is 10.9 Å². The lowest BCUT2D eigenvalue weighted by molar-refractivity contribution is -0.145. The van der Waals surface area contributed by atoms with Crippen LogP contribution in [-0.2, 0) is 9.53 Å². The summed E-state index contributed by atoms with van der Waals surface area (Å²) in [6, 6.07) is 9.97. The van der Waals surface area contributed by atoms with E-state index in [9.17, 15) is 4.79 Å². The minimum absolute atomic E-state index is 0.151. The number of para-hydroxylation sites is 1. The number of carbonyl (C=O) groups excluding carboxylic acids is 1. The van der Waals surface area contributed by atoms with E-state index in [0.29, 0.717) is 6.61 Å². The fourth-order valence-corrected chi connectivity index (χ4v) is 2.23. The number of hydrogen-bond donors (Lipinski definition) is 0. The number of nitrogens with zero attached hydrogens (tertiary/aromatic N) is 1. The van der Waals surface area contributed by atoms with Crippen LogP contribution in [0, 0.1) is 0 Å². The van der Waals surface area contributed by atoms with Crippen LogP contribution in [0.2, 0.25) is 0 Å². The Hall–Kier alpha value is -1.90. The molecule has 0 spiro atoms. The van der Waals surface area contributed by atoms with Crippen molar-refractivity contribution in [1.82, 2.24) is 4.98 Å². The van der Waals surface area contributed by atoms with E-state index in [4.69, 9.17) is 4.74 Å². The Morgan fingerprint density at radius 1 is 1.32 bits per heavy atom. The minimum Gasteiger partial charge on any atom is -0.466 e. The molecule has 0 saturated heterocycles. The minimum atomic E-state index is -0.206. The summed E-state index contributed by atoms with van der Waals surface area (Å²) in [4.78, 5) is 16.4. The predicted octanol–water partition coefficient (Wildman–Crippen LogP) is 3.68. The molecule has 0 bridgehead atoms. The summed E-state index contributed by atoms with van der Waals surface area (Å²) in [7, 11) is 0. The predicted molar refractivity (Wildman–Crippen MR) is 76.0 cm³/mol. The van der Waals surface area contributed by atoms with Crippen LogP contribution in [0.15, 0.2) is 36.5 Å². The fourth-order valence-electron chi connectivity index (χ4n) is 2.23. The van der Waals surface area contributed by atoms with Crippen molar-refractivity contribution in [2.45, 2.75) is 32.6 Å². The first kappa shape index (κ1) is 13.5. The Morgan fingerprint density at radius 3 is 2.84 bits per heavy atom. The average molecular weight is 257 g/mol. The number of hydrogen-bond acceptors (Lipinski definition) is 3. The van der Waals surface area contributed by atoms with E-state index in [1.165, 1.54) is 0 Å². The molecule has 0 amide bonds. The zero-order valence-electron chi connectivity index (χ0n) is 11.4. The second-order valence-electron chi connectivity index (χ2n) is 4.55. The van der Waals surface area contributed by atoms with Gasteiger partial charge in [-0.3, -0.25) is 9.78 Å². The fraction of sp³-hybridized carbons (Fsp3) is 0.375. The number of ether oxygens (including phenoxy) is 1. The van der Waals surface area contributed by atoms with Crippen molar-refractivity contribution in [2.24, 2.45) is 0 Å². The van der Waals surface area contributed by atoms with Gasteiger partial charge in [0.25, 0.3) is 0 Å². The molecule has 2 aromatic rings. The molecule has 100 valence electrons. The van der Waals surface area contributed by atoms with Crippen LogP contribution >= 0.6 is 0 Å². The third kappa shape index (κ3) is 3.11. The van der Waals surface area contributed by atoms with Gasteiger partial charge in [0.1, 0.15) is 0 Å². The van der Waals surface area contributed by atoms with Crippen molar-refractivity contribution in [2.75, 3.05) is 6.61 Å². The normalized spacial score (nSPS) is 12.3. The van der Waals surface area contributed by atoms with Crippen LogP contribution in [0.5, 0.6) is 0 Å². The number of esters is 1. The largest absolute Gasteiger partial charge is 0.466 e.